The van der Waals surface area contributed by atoms with E-state index in [9.17, 15) is 9.59 Å². The first-order valence-corrected chi connectivity index (χ1v) is 8.54. The van der Waals surface area contributed by atoms with Crippen LogP contribution in [-0.2, 0) is 4.79 Å². The van der Waals surface area contributed by atoms with Crippen LogP contribution in [0.5, 0.6) is 0 Å². The van der Waals surface area contributed by atoms with Crippen LogP contribution in [0.2, 0.25) is 5.02 Å². The average Bonchev–Trinajstić information content (AvgIpc) is 2.85. The van der Waals surface area contributed by atoms with Crippen LogP contribution in [0.3, 0.4) is 0 Å². The predicted octanol–water partition coefficient (Wildman–Crippen LogP) is 1.53. The number of carbonyl (C=O) groups excluding carboxylic acids is 2. The van der Waals surface area contributed by atoms with Crippen molar-refractivity contribution in [1.29, 1.82) is 0 Å². The van der Waals surface area contributed by atoms with E-state index in [0.717, 1.165) is 44.7 Å². The maximum atomic E-state index is 12.4. The fourth-order valence-corrected chi connectivity index (χ4v) is 3.01. The summed E-state index contributed by atoms with van der Waals surface area (Å²) in [6.07, 6.45) is 2.46. The van der Waals surface area contributed by atoms with E-state index in [1.54, 1.807) is 18.2 Å². The number of amides is 3. The predicted molar refractivity (Wildman–Crippen MR) is 93.6 cm³/mol. The number of nitrogens with zero attached hydrogens (tertiary/aromatic N) is 2. The Balaban J connectivity index is 1.56. The van der Waals surface area contributed by atoms with Crippen LogP contribution in [0.15, 0.2) is 30.0 Å². The summed E-state index contributed by atoms with van der Waals surface area (Å²) in [7, 11) is 0. The molecule has 2 aliphatic heterocycles. The highest BCUT2D eigenvalue weighted by molar-refractivity contribution is 6.30. The molecule has 2 N–H and O–H groups in total. The Labute approximate surface area is 146 Å². The molecule has 0 aromatic heterocycles. The molecule has 0 radical (unpaired) electrons. The lowest BCUT2D eigenvalue weighted by Crippen LogP contribution is -2.44. The zero-order valence-corrected chi connectivity index (χ0v) is 14.2. The summed E-state index contributed by atoms with van der Waals surface area (Å²) in [4.78, 5) is 28.1. The highest BCUT2D eigenvalue weighted by Gasteiger charge is 2.33. The molecule has 7 heteroatoms. The van der Waals surface area contributed by atoms with Crippen LogP contribution >= 0.6 is 11.6 Å². The van der Waals surface area contributed by atoms with Gasteiger partial charge in [0.2, 0.25) is 0 Å². The molecular formula is C17H21ClN4O2. The first kappa shape index (κ1) is 17.0. The Hall–Kier alpha value is -1.89. The smallest absolute Gasteiger partial charge is 0.314 e. The van der Waals surface area contributed by atoms with Gasteiger partial charge in [0.05, 0.1) is 0 Å². The number of hydrogen-bond acceptors (Lipinski definition) is 4. The lowest BCUT2D eigenvalue weighted by atomic mass is 10.2. The van der Waals surface area contributed by atoms with E-state index in [1.165, 1.54) is 4.90 Å². The summed E-state index contributed by atoms with van der Waals surface area (Å²) < 4.78 is 0. The molecule has 0 aliphatic carbocycles. The molecule has 3 amide bonds. The Bertz CT molecular complexity index is 638. The molecule has 1 aromatic carbocycles. The molecule has 1 aromatic rings. The van der Waals surface area contributed by atoms with Gasteiger partial charge in [0.15, 0.2) is 0 Å². The van der Waals surface area contributed by atoms with Gasteiger partial charge in [0, 0.05) is 37.7 Å². The molecule has 0 bridgehead atoms. The maximum absolute atomic E-state index is 12.4. The van der Waals surface area contributed by atoms with Gasteiger partial charge >= 0.3 is 6.03 Å². The third-order valence-electron chi connectivity index (χ3n) is 4.21. The highest BCUT2D eigenvalue weighted by atomic mass is 35.5. The molecule has 2 fully saturated rings. The van der Waals surface area contributed by atoms with Crippen molar-refractivity contribution < 1.29 is 9.59 Å². The summed E-state index contributed by atoms with van der Waals surface area (Å²) in [5, 5.41) is 6.59. The lowest BCUT2D eigenvalue weighted by molar-refractivity contribution is -0.122. The van der Waals surface area contributed by atoms with Crippen LogP contribution in [0.1, 0.15) is 12.0 Å². The maximum Gasteiger partial charge on any atom is 0.329 e. The molecule has 0 saturated carbocycles. The largest absolute Gasteiger partial charge is 0.329 e. The van der Waals surface area contributed by atoms with Gasteiger partial charge < -0.3 is 15.5 Å². The third-order valence-corrected chi connectivity index (χ3v) is 4.46. The second-order valence-electron chi connectivity index (χ2n) is 5.94. The summed E-state index contributed by atoms with van der Waals surface area (Å²) in [5.41, 5.74) is 1.13. The molecule has 3 rings (SSSR count). The number of hydrogen-bond donors (Lipinski definition) is 2. The molecule has 0 unspecified atom stereocenters. The zero-order valence-electron chi connectivity index (χ0n) is 13.4. The van der Waals surface area contributed by atoms with E-state index in [2.05, 4.69) is 15.5 Å². The Morgan fingerprint density at radius 1 is 1.08 bits per heavy atom. The van der Waals surface area contributed by atoms with Crippen molar-refractivity contribution in [2.75, 3.05) is 39.3 Å². The fourth-order valence-electron chi connectivity index (χ4n) is 2.89. The normalized spacial score (nSPS) is 20.7. The van der Waals surface area contributed by atoms with Crippen molar-refractivity contribution in [1.82, 2.24) is 20.4 Å². The van der Waals surface area contributed by atoms with E-state index in [1.807, 2.05) is 12.1 Å². The van der Waals surface area contributed by atoms with Crippen molar-refractivity contribution >= 4 is 29.6 Å². The van der Waals surface area contributed by atoms with Gasteiger partial charge in [-0.05, 0) is 36.7 Å². The first-order chi connectivity index (χ1) is 11.6. The minimum absolute atomic E-state index is 0.268. The number of halogens is 1. The van der Waals surface area contributed by atoms with Gasteiger partial charge in [0.25, 0.3) is 5.91 Å². The van der Waals surface area contributed by atoms with Gasteiger partial charge in [0.1, 0.15) is 5.70 Å². The Morgan fingerprint density at radius 2 is 1.79 bits per heavy atom. The SMILES string of the molecule is O=C1NC(=Cc2ccc(Cl)cc2)C(=O)N1CCCN1CCNCC1. The van der Waals surface area contributed by atoms with E-state index in [0.29, 0.717) is 17.3 Å². The molecular weight excluding hydrogens is 328 g/mol. The number of piperazine rings is 1. The van der Waals surface area contributed by atoms with Crippen LogP contribution in [0.4, 0.5) is 4.79 Å². The quantitative estimate of drug-likeness (QED) is 0.625. The molecule has 2 saturated heterocycles. The van der Waals surface area contributed by atoms with Crippen LogP contribution < -0.4 is 10.6 Å². The zero-order chi connectivity index (χ0) is 16.9. The average molecular weight is 349 g/mol. The highest BCUT2D eigenvalue weighted by Crippen LogP contribution is 2.16. The topological polar surface area (TPSA) is 64.7 Å². The molecule has 0 spiro atoms. The van der Waals surface area contributed by atoms with E-state index >= 15 is 0 Å². The van der Waals surface area contributed by atoms with Gasteiger partial charge in [-0.15, -0.1) is 0 Å². The van der Waals surface area contributed by atoms with Crippen LogP contribution in [-0.4, -0.2) is 61.0 Å². The summed E-state index contributed by atoms with van der Waals surface area (Å²) >= 11 is 5.85. The monoisotopic (exact) mass is 348 g/mol. The number of imide groups is 1. The van der Waals surface area contributed by atoms with Gasteiger partial charge in [-0.1, -0.05) is 23.7 Å². The molecule has 6 nitrogen and oxygen atoms in total. The number of nitrogens with one attached hydrogen (secondary N) is 2. The van der Waals surface area contributed by atoms with Crippen molar-refractivity contribution in [3.8, 4) is 0 Å². The number of urea groups is 1. The summed E-state index contributed by atoms with van der Waals surface area (Å²) in [5.74, 6) is -0.268. The fraction of sp³-hybridized carbons (Fsp3) is 0.412. The third kappa shape index (κ3) is 4.14. The van der Waals surface area contributed by atoms with Crippen LogP contribution in [0.25, 0.3) is 6.08 Å². The Morgan fingerprint density at radius 3 is 2.50 bits per heavy atom. The van der Waals surface area contributed by atoms with Crippen molar-refractivity contribution in [2.24, 2.45) is 0 Å². The number of carbonyl (C=O) groups is 2. The van der Waals surface area contributed by atoms with Gasteiger partial charge in [-0.25, -0.2) is 4.79 Å². The van der Waals surface area contributed by atoms with E-state index in [-0.39, 0.29) is 11.9 Å². The lowest BCUT2D eigenvalue weighted by Gasteiger charge is -2.27. The molecule has 2 aliphatic rings. The summed E-state index contributed by atoms with van der Waals surface area (Å²) in [6.45, 7) is 5.36. The second-order valence-corrected chi connectivity index (χ2v) is 6.38. The standard InChI is InChI=1S/C17H21ClN4O2/c18-14-4-2-13(3-5-14)12-15-16(23)22(17(24)20-15)9-1-8-21-10-6-19-7-11-21/h2-5,12,19H,1,6-11H2,(H,20,24). The first-order valence-electron chi connectivity index (χ1n) is 8.17. The van der Waals surface area contributed by atoms with Gasteiger partial charge in [-0.2, -0.15) is 0 Å². The minimum Gasteiger partial charge on any atom is -0.314 e. The van der Waals surface area contributed by atoms with Crippen molar-refractivity contribution in [2.45, 2.75) is 6.42 Å². The molecule has 2 heterocycles. The minimum atomic E-state index is -0.347. The number of rotatable bonds is 5. The number of benzene rings is 1. The van der Waals surface area contributed by atoms with E-state index in [4.69, 9.17) is 11.6 Å². The molecule has 24 heavy (non-hydrogen) atoms. The van der Waals surface area contributed by atoms with Gasteiger partial charge in [-0.3, -0.25) is 9.69 Å². The van der Waals surface area contributed by atoms with Crippen molar-refractivity contribution in [3.63, 3.8) is 0 Å². The molecule has 128 valence electrons. The van der Waals surface area contributed by atoms with E-state index < -0.39 is 0 Å². The second kappa shape index (κ2) is 7.79. The Kier molecular flexibility index (Phi) is 5.50. The molecule has 0 atom stereocenters. The van der Waals surface area contributed by atoms with Crippen LogP contribution in [0, 0.1) is 0 Å². The summed E-state index contributed by atoms with van der Waals surface area (Å²) in [6, 6.07) is 6.77. The van der Waals surface area contributed by atoms with Crippen molar-refractivity contribution in [3.05, 3.63) is 40.5 Å².